The molecule has 6 nitrogen and oxygen atoms in total. The molecular formula is C26H24N2O4. The van der Waals surface area contributed by atoms with Crippen LogP contribution in [0.2, 0.25) is 0 Å². The molecular weight excluding hydrogens is 404 g/mol. The zero-order valence-electron chi connectivity index (χ0n) is 18.3. The van der Waals surface area contributed by atoms with E-state index in [0.717, 1.165) is 34.0 Å². The Balaban J connectivity index is 1.77. The zero-order chi connectivity index (χ0) is 22.6. The molecule has 3 aromatic rings. The Hall–Kier alpha value is -3.67. The first-order chi connectivity index (χ1) is 15.3. The Morgan fingerprint density at radius 2 is 1.88 bits per heavy atom. The van der Waals surface area contributed by atoms with Crippen molar-refractivity contribution in [2.75, 3.05) is 12.4 Å². The number of anilines is 1. The first-order valence-corrected chi connectivity index (χ1v) is 10.7. The lowest BCUT2D eigenvalue weighted by atomic mass is 9.68. The summed E-state index contributed by atoms with van der Waals surface area (Å²) in [6, 6.07) is 16.7. The number of nitro benzene ring substituents is 1. The smallest absolute Gasteiger partial charge is 0.311 e. The number of hydrogen-bond donors (Lipinski definition) is 1. The standard InChI is InChI=1S/C26H24N2O4/c1-26(2)13-18-23-17-7-5-4-6-15(17)8-10-19(23)27-25(24(18)21(29)14-26)16-9-11-22(32-3)20(12-16)28(30)31/h4-12,25,27H,13-14H2,1-3H3. The number of nitro groups is 1. The Morgan fingerprint density at radius 1 is 1.09 bits per heavy atom. The van der Waals surface area contributed by atoms with E-state index < -0.39 is 11.0 Å². The number of nitrogens with one attached hydrogen (secondary N) is 1. The van der Waals surface area contributed by atoms with Gasteiger partial charge in [-0.2, -0.15) is 0 Å². The Labute approximate surface area is 186 Å². The minimum atomic E-state index is -0.452. The molecule has 0 saturated heterocycles. The lowest BCUT2D eigenvalue weighted by Crippen LogP contribution is -2.33. The largest absolute Gasteiger partial charge is 0.490 e. The topological polar surface area (TPSA) is 81.5 Å². The summed E-state index contributed by atoms with van der Waals surface area (Å²) in [5.74, 6) is 0.289. The van der Waals surface area contributed by atoms with Crippen molar-refractivity contribution in [1.82, 2.24) is 0 Å². The highest BCUT2D eigenvalue weighted by Crippen LogP contribution is 2.52. The summed E-state index contributed by atoms with van der Waals surface area (Å²) in [7, 11) is 1.41. The van der Waals surface area contributed by atoms with Crippen LogP contribution in [-0.4, -0.2) is 17.8 Å². The molecule has 32 heavy (non-hydrogen) atoms. The van der Waals surface area contributed by atoms with Crippen molar-refractivity contribution in [2.45, 2.75) is 32.7 Å². The van der Waals surface area contributed by atoms with E-state index in [4.69, 9.17) is 4.74 Å². The van der Waals surface area contributed by atoms with Gasteiger partial charge in [-0.05, 0) is 45.9 Å². The van der Waals surface area contributed by atoms with E-state index in [-0.39, 0.29) is 22.6 Å². The lowest BCUT2D eigenvalue weighted by Gasteiger charge is -2.40. The van der Waals surface area contributed by atoms with E-state index in [2.05, 4.69) is 37.4 Å². The van der Waals surface area contributed by atoms with Crippen LogP contribution >= 0.6 is 0 Å². The lowest BCUT2D eigenvalue weighted by molar-refractivity contribution is -0.385. The first-order valence-electron chi connectivity index (χ1n) is 10.7. The van der Waals surface area contributed by atoms with Gasteiger partial charge in [-0.3, -0.25) is 14.9 Å². The molecule has 1 unspecified atom stereocenters. The van der Waals surface area contributed by atoms with Crippen LogP contribution in [0, 0.1) is 15.5 Å². The molecule has 162 valence electrons. The average Bonchev–Trinajstić information content (AvgIpc) is 2.76. The minimum absolute atomic E-state index is 0.0887. The van der Waals surface area contributed by atoms with Crippen LogP contribution < -0.4 is 10.1 Å². The monoisotopic (exact) mass is 428 g/mol. The van der Waals surface area contributed by atoms with Gasteiger partial charge in [-0.25, -0.2) is 0 Å². The molecule has 0 radical (unpaired) electrons. The maximum atomic E-state index is 13.5. The summed E-state index contributed by atoms with van der Waals surface area (Å²) in [6.45, 7) is 4.24. The normalized spacial score (nSPS) is 19.2. The predicted molar refractivity (Wildman–Crippen MR) is 125 cm³/mol. The number of hydrogen-bond acceptors (Lipinski definition) is 5. The highest BCUT2D eigenvalue weighted by atomic mass is 16.6. The van der Waals surface area contributed by atoms with Crippen molar-refractivity contribution in [3.63, 3.8) is 0 Å². The Bertz CT molecular complexity index is 1320. The van der Waals surface area contributed by atoms with Crippen LogP contribution in [0.25, 0.3) is 16.3 Å². The molecule has 1 aliphatic heterocycles. The van der Waals surface area contributed by atoms with Crippen LogP contribution in [0.5, 0.6) is 5.75 Å². The van der Waals surface area contributed by atoms with Crippen molar-refractivity contribution in [3.05, 3.63) is 81.4 Å². The number of nitrogens with zero attached hydrogens (tertiary/aromatic N) is 1. The highest BCUT2D eigenvalue weighted by Gasteiger charge is 2.41. The van der Waals surface area contributed by atoms with Crippen LogP contribution in [0.3, 0.4) is 0 Å². The fraction of sp³-hybridized carbons (Fsp3) is 0.269. The Morgan fingerprint density at radius 3 is 2.62 bits per heavy atom. The van der Waals surface area contributed by atoms with E-state index in [0.29, 0.717) is 17.6 Å². The summed E-state index contributed by atoms with van der Waals surface area (Å²) in [5.41, 5.74) is 4.18. The third kappa shape index (κ3) is 3.14. The van der Waals surface area contributed by atoms with Gasteiger partial charge in [-0.1, -0.05) is 50.2 Å². The van der Waals surface area contributed by atoms with Gasteiger partial charge in [0.05, 0.1) is 18.1 Å². The maximum Gasteiger partial charge on any atom is 0.311 e. The van der Waals surface area contributed by atoms with Crippen LogP contribution in [0.15, 0.2) is 60.2 Å². The fourth-order valence-electron chi connectivity index (χ4n) is 5.12. The number of carbonyl (C=O) groups excluding carboxylic acids is 1. The molecule has 1 heterocycles. The van der Waals surface area contributed by atoms with Gasteiger partial charge < -0.3 is 10.1 Å². The van der Waals surface area contributed by atoms with Crippen LogP contribution in [-0.2, 0) is 4.79 Å². The number of ether oxygens (including phenoxy) is 1. The highest BCUT2D eigenvalue weighted by molar-refractivity contribution is 6.12. The number of carbonyl (C=O) groups is 1. The van der Waals surface area contributed by atoms with E-state index in [1.165, 1.54) is 13.2 Å². The average molecular weight is 428 g/mol. The number of ketones is 1. The predicted octanol–water partition coefficient (Wildman–Crippen LogP) is 6.07. The Kier molecular flexibility index (Phi) is 4.55. The molecule has 6 heteroatoms. The SMILES string of the molecule is COc1ccc(C2Nc3ccc4ccccc4c3C3=C2C(=O)CC(C)(C)C3)cc1[N+](=O)[O-]. The van der Waals surface area contributed by atoms with Crippen molar-refractivity contribution in [2.24, 2.45) is 5.41 Å². The number of benzene rings is 3. The van der Waals surface area contributed by atoms with E-state index in [1.807, 2.05) is 18.2 Å². The molecule has 0 bridgehead atoms. The van der Waals surface area contributed by atoms with E-state index >= 15 is 0 Å². The second kappa shape index (κ2) is 7.19. The minimum Gasteiger partial charge on any atom is -0.490 e. The molecule has 0 spiro atoms. The summed E-state index contributed by atoms with van der Waals surface area (Å²) in [4.78, 5) is 24.6. The molecule has 2 aliphatic rings. The van der Waals surface area contributed by atoms with Crippen LogP contribution in [0.1, 0.15) is 43.9 Å². The van der Waals surface area contributed by atoms with Gasteiger partial charge in [0.2, 0.25) is 0 Å². The molecule has 3 aromatic carbocycles. The van der Waals surface area contributed by atoms with E-state index in [9.17, 15) is 14.9 Å². The summed E-state index contributed by atoms with van der Waals surface area (Å²) >= 11 is 0. The van der Waals surface area contributed by atoms with Gasteiger partial charge in [0.25, 0.3) is 0 Å². The third-order valence-electron chi connectivity index (χ3n) is 6.47. The second-order valence-corrected chi connectivity index (χ2v) is 9.31. The van der Waals surface area contributed by atoms with Gasteiger partial charge in [-0.15, -0.1) is 0 Å². The van der Waals surface area contributed by atoms with Gasteiger partial charge in [0, 0.05) is 29.3 Å². The van der Waals surface area contributed by atoms with Crippen molar-refractivity contribution < 1.29 is 14.5 Å². The molecule has 5 rings (SSSR count). The molecule has 0 aromatic heterocycles. The quantitative estimate of drug-likeness (QED) is 0.405. The van der Waals surface area contributed by atoms with Crippen LogP contribution in [0.4, 0.5) is 11.4 Å². The number of allylic oxidation sites excluding steroid dienone is 1. The third-order valence-corrected chi connectivity index (χ3v) is 6.47. The van der Waals surface area contributed by atoms with Gasteiger partial charge >= 0.3 is 5.69 Å². The molecule has 0 fully saturated rings. The molecule has 1 atom stereocenters. The number of fused-ring (bicyclic) bond motifs is 4. The van der Waals surface area contributed by atoms with Crippen molar-refractivity contribution in [3.8, 4) is 5.75 Å². The van der Waals surface area contributed by atoms with Gasteiger partial charge in [0.1, 0.15) is 0 Å². The fourth-order valence-corrected chi connectivity index (χ4v) is 5.12. The summed E-state index contributed by atoms with van der Waals surface area (Å²) < 4.78 is 5.17. The first kappa shape index (κ1) is 20.2. The van der Waals surface area contributed by atoms with Crippen molar-refractivity contribution >= 4 is 33.5 Å². The number of Topliss-reactive ketones (excluding diaryl/α,β-unsaturated/α-hetero) is 1. The number of methoxy groups -OCH3 is 1. The number of rotatable bonds is 3. The second-order valence-electron chi connectivity index (χ2n) is 9.31. The molecule has 0 saturated carbocycles. The zero-order valence-corrected chi connectivity index (χ0v) is 18.3. The maximum absolute atomic E-state index is 13.5. The molecule has 1 N–H and O–H groups in total. The molecule has 0 amide bonds. The van der Waals surface area contributed by atoms with Crippen molar-refractivity contribution in [1.29, 1.82) is 0 Å². The van der Waals surface area contributed by atoms with E-state index in [1.54, 1.807) is 12.1 Å². The van der Waals surface area contributed by atoms with Gasteiger partial charge in [0.15, 0.2) is 11.5 Å². The summed E-state index contributed by atoms with van der Waals surface area (Å²) in [5, 5.41) is 17.4. The molecule has 1 aliphatic carbocycles. The summed E-state index contributed by atoms with van der Waals surface area (Å²) in [6.07, 6.45) is 1.22.